The van der Waals surface area contributed by atoms with Gasteiger partial charge in [0.05, 0.1) is 11.8 Å². The van der Waals surface area contributed by atoms with E-state index in [2.05, 4.69) is 10.2 Å². The van der Waals surface area contributed by atoms with Crippen LogP contribution in [0.2, 0.25) is 0 Å². The molecule has 1 aliphatic heterocycles. The van der Waals surface area contributed by atoms with Gasteiger partial charge >= 0.3 is 0 Å². The molecule has 0 bridgehead atoms. The summed E-state index contributed by atoms with van der Waals surface area (Å²) in [6, 6.07) is -0.0733. The third-order valence-corrected chi connectivity index (χ3v) is 2.96. The first kappa shape index (κ1) is 11.8. The van der Waals surface area contributed by atoms with Gasteiger partial charge in [0.1, 0.15) is 6.29 Å². The third-order valence-electron chi connectivity index (χ3n) is 2.32. The van der Waals surface area contributed by atoms with E-state index in [0.29, 0.717) is 13.0 Å². The fraction of sp³-hybridized carbons (Fsp3) is 0.875. The molecule has 1 rings (SSSR count). The number of carbonyl (C=O) groups excluding carboxylic acids is 1. The summed E-state index contributed by atoms with van der Waals surface area (Å²) in [4.78, 5) is 12.7. The van der Waals surface area contributed by atoms with Crippen molar-refractivity contribution in [2.45, 2.75) is 12.5 Å². The second-order valence-electron chi connectivity index (χ2n) is 3.32. The summed E-state index contributed by atoms with van der Waals surface area (Å²) >= 11 is -1.71. The molecular weight excluding hydrogens is 204 g/mol. The first-order valence-corrected chi connectivity index (χ1v) is 5.99. The van der Waals surface area contributed by atoms with Crippen LogP contribution >= 0.6 is 0 Å². The summed E-state index contributed by atoms with van der Waals surface area (Å²) in [5, 5.41) is 3.13. The molecule has 0 spiro atoms. The van der Waals surface area contributed by atoms with Gasteiger partial charge in [-0.05, 0) is 13.0 Å². The molecule has 0 aliphatic carbocycles. The lowest BCUT2D eigenvalue weighted by atomic mass is 10.2. The highest BCUT2D eigenvalue weighted by Gasteiger charge is 2.20. The molecule has 14 heavy (non-hydrogen) atoms. The molecule has 2 N–H and O–H groups in total. The highest BCUT2D eigenvalue weighted by molar-refractivity contribution is 7.79. The van der Waals surface area contributed by atoms with Gasteiger partial charge in [-0.2, -0.15) is 0 Å². The Morgan fingerprint density at radius 3 is 3.07 bits per heavy atom. The zero-order valence-corrected chi connectivity index (χ0v) is 8.83. The fourth-order valence-corrected chi connectivity index (χ4v) is 1.95. The number of carbonyl (C=O) groups is 1. The Balaban J connectivity index is 2.26. The van der Waals surface area contributed by atoms with E-state index in [1.54, 1.807) is 0 Å². The van der Waals surface area contributed by atoms with Crippen molar-refractivity contribution in [2.24, 2.45) is 0 Å². The molecule has 2 atom stereocenters. The van der Waals surface area contributed by atoms with Crippen LogP contribution < -0.4 is 5.32 Å². The number of hydrogen-bond acceptors (Lipinski definition) is 4. The van der Waals surface area contributed by atoms with Crippen molar-refractivity contribution in [3.8, 4) is 0 Å². The van der Waals surface area contributed by atoms with Crippen LogP contribution in [0.4, 0.5) is 0 Å². The van der Waals surface area contributed by atoms with Gasteiger partial charge in [0.25, 0.3) is 0 Å². The molecule has 1 heterocycles. The summed E-state index contributed by atoms with van der Waals surface area (Å²) in [6.45, 7) is 3.12. The van der Waals surface area contributed by atoms with Crippen molar-refractivity contribution in [1.29, 1.82) is 0 Å². The molecule has 0 aromatic carbocycles. The Hall–Kier alpha value is -0.300. The van der Waals surface area contributed by atoms with Gasteiger partial charge in [0.2, 0.25) is 0 Å². The Bertz CT molecular complexity index is 213. The maximum Gasteiger partial charge on any atom is 0.152 e. The van der Waals surface area contributed by atoms with Crippen molar-refractivity contribution in [2.75, 3.05) is 31.9 Å². The van der Waals surface area contributed by atoms with Gasteiger partial charge in [0, 0.05) is 19.6 Å². The van der Waals surface area contributed by atoms with Crippen molar-refractivity contribution in [1.82, 2.24) is 10.2 Å². The monoisotopic (exact) mass is 220 g/mol. The SMILES string of the molecule is O=CC1CNCCN1CCCS(=O)O. The maximum atomic E-state index is 10.7. The van der Waals surface area contributed by atoms with E-state index in [4.69, 9.17) is 4.55 Å². The fourth-order valence-electron chi connectivity index (χ4n) is 1.57. The van der Waals surface area contributed by atoms with E-state index >= 15 is 0 Å². The molecule has 1 fully saturated rings. The second-order valence-corrected chi connectivity index (χ2v) is 4.37. The molecule has 2 unspecified atom stereocenters. The Morgan fingerprint density at radius 1 is 1.64 bits per heavy atom. The van der Waals surface area contributed by atoms with Crippen LogP contribution in [0.5, 0.6) is 0 Å². The highest BCUT2D eigenvalue weighted by atomic mass is 32.2. The molecule has 0 saturated carbocycles. The van der Waals surface area contributed by atoms with Crippen LogP contribution in [0.15, 0.2) is 0 Å². The van der Waals surface area contributed by atoms with E-state index in [1.807, 2.05) is 0 Å². The normalized spacial score (nSPS) is 25.9. The van der Waals surface area contributed by atoms with E-state index in [0.717, 1.165) is 25.9 Å². The lowest BCUT2D eigenvalue weighted by molar-refractivity contribution is -0.112. The second kappa shape index (κ2) is 6.23. The van der Waals surface area contributed by atoms with Gasteiger partial charge in [-0.15, -0.1) is 0 Å². The molecule has 0 radical (unpaired) electrons. The predicted molar refractivity (Wildman–Crippen MR) is 54.5 cm³/mol. The topological polar surface area (TPSA) is 69.6 Å². The summed E-state index contributed by atoms with van der Waals surface area (Å²) in [5.41, 5.74) is 0. The van der Waals surface area contributed by atoms with Crippen LogP contribution in [-0.4, -0.2) is 57.9 Å². The molecule has 82 valence electrons. The lowest BCUT2D eigenvalue weighted by Gasteiger charge is -2.32. The van der Waals surface area contributed by atoms with Gasteiger partial charge in [0.15, 0.2) is 11.1 Å². The van der Waals surface area contributed by atoms with Crippen LogP contribution in [0.3, 0.4) is 0 Å². The minimum Gasteiger partial charge on any atom is -0.313 e. The Labute approximate surface area is 86.1 Å². The van der Waals surface area contributed by atoms with Crippen LogP contribution in [0.25, 0.3) is 0 Å². The average Bonchev–Trinajstić information content (AvgIpc) is 2.18. The average molecular weight is 220 g/mol. The molecule has 5 nitrogen and oxygen atoms in total. The van der Waals surface area contributed by atoms with Gasteiger partial charge < -0.3 is 14.7 Å². The Kier molecular flexibility index (Phi) is 5.24. The van der Waals surface area contributed by atoms with Crippen molar-refractivity contribution >= 4 is 17.4 Å². The third kappa shape index (κ3) is 3.83. The van der Waals surface area contributed by atoms with Crippen LogP contribution in [-0.2, 0) is 15.9 Å². The standard InChI is InChI=1S/C8H16N2O3S/c11-7-8-6-9-2-4-10(8)3-1-5-14(12)13/h7-9H,1-6H2,(H,12,13). The van der Waals surface area contributed by atoms with Crippen LogP contribution in [0.1, 0.15) is 6.42 Å². The zero-order valence-electron chi connectivity index (χ0n) is 8.02. The number of nitrogens with one attached hydrogen (secondary N) is 1. The van der Waals surface area contributed by atoms with E-state index < -0.39 is 11.1 Å². The summed E-state index contributed by atoms with van der Waals surface area (Å²) in [6.07, 6.45) is 1.59. The number of rotatable bonds is 5. The summed E-state index contributed by atoms with van der Waals surface area (Å²) < 4.78 is 19.0. The van der Waals surface area contributed by atoms with E-state index in [-0.39, 0.29) is 11.8 Å². The van der Waals surface area contributed by atoms with Crippen molar-refractivity contribution in [3.63, 3.8) is 0 Å². The molecule has 6 heteroatoms. The van der Waals surface area contributed by atoms with E-state index in [9.17, 15) is 9.00 Å². The van der Waals surface area contributed by atoms with Crippen molar-refractivity contribution < 1.29 is 13.6 Å². The summed E-state index contributed by atoms with van der Waals surface area (Å²) in [5.74, 6) is 0.287. The number of aldehydes is 1. The zero-order chi connectivity index (χ0) is 10.4. The first-order valence-electron chi connectivity index (χ1n) is 4.71. The highest BCUT2D eigenvalue weighted by Crippen LogP contribution is 2.02. The molecule has 0 aromatic rings. The predicted octanol–water partition coefficient (Wildman–Crippen LogP) is -0.929. The maximum absolute atomic E-state index is 10.7. The summed E-state index contributed by atoms with van der Waals surface area (Å²) in [7, 11) is 0. The largest absolute Gasteiger partial charge is 0.313 e. The van der Waals surface area contributed by atoms with Crippen LogP contribution in [0, 0.1) is 0 Å². The number of piperazine rings is 1. The lowest BCUT2D eigenvalue weighted by Crippen LogP contribution is -2.52. The smallest absolute Gasteiger partial charge is 0.152 e. The number of nitrogens with zero attached hydrogens (tertiary/aromatic N) is 1. The van der Waals surface area contributed by atoms with Crippen molar-refractivity contribution in [3.05, 3.63) is 0 Å². The van der Waals surface area contributed by atoms with Gasteiger partial charge in [-0.25, -0.2) is 4.21 Å². The quantitative estimate of drug-likeness (QED) is 0.463. The molecule has 1 aliphatic rings. The van der Waals surface area contributed by atoms with E-state index in [1.165, 1.54) is 0 Å². The molecule has 1 saturated heterocycles. The Morgan fingerprint density at radius 2 is 2.43 bits per heavy atom. The number of hydrogen-bond donors (Lipinski definition) is 2. The molecule has 0 amide bonds. The first-order chi connectivity index (χ1) is 6.74. The van der Waals surface area contributed by atoms with Gasteiger partial charge in [-0.3, -0.25) is 4.90 Å². The molecule has 0 aromatic heterocycles. The minimum absolute atomic E-state index is 0.0733. The minimum atomic E-state index is -1.71. The van der Waals surface area contributed by atoms with Gasteiger partial charge in [-0.1, -0.05) is 0 Å². The molecular formula is C8H16N2O3S.